The van der Waals surface area contributed by atoms with E-state index in [0.717, 1.165) is 0 Å². The standard InChI is InChI=1S/C9H11BrN4O2/c10-8-5-7(14(15)16)6-13-9(8)12-4-2-1-3-11/h1-2,5-6H,3-4,11H2,(H,12,13)/b2-1+. The summed E-state index contributed by atoms with van der Waals surface area (Å²) in [4.78, 5) is 13.9. The summed E-state index contributed by atoms with van der Waals surface area (Å²) in [6, 6.07) is 1.40. The Balaban J connectivity index is 2.68. The fourth-order valence-electron chi connectivity index (χ4n) is 0.993. The molecule has 0 radical (unpaired) electrons. The van der Waals surface area contributed by atoms with E-state index < -0.39 is 4.92 Å². The van der Waals surface area contributed by atoms with Crippen LogP contribution in [0.15, 0.2) is 28.9 Å². The molecule has 0 bridgehead atoms. The Labute approximate surface area is 101 Å². The van der Waals surface area contributed by atoms with E-state index in [1.807, 2.05) is 12.2 Å². The van der Waals surface area contributed by atoms with Crippen molar-refractivity contribution in [2.24, 2.45) is 5.73 Å². The maximum absolute atomic E-state index is 10.5. The van der Waals surface area contributed by atoms with E-state index in [1.165, 1.54) is 12.3 Å². The second-order valence-corrected chi connectivity index (χ2v) is 3.72. The number of pyridine rings is 1. The SMILES string of the molecule is NC/C=C/CNc1ncc([N+](=O)[O-])cc1Br. The molecule has 0 spiro atoms. The topological polar surface area (TPSA) is 94.1 Å². The molecule has 0 fully saturated rings. The number of hydrogen-bond donors (Lipinski definition) is 2. The zero-order valence-corrected chi connectivity index (χ0v) is 9.98. The highest BCUT2D eigenvalue weighted by atomic mass is 79.9. The molecule has 1 rings (SSSR count). The summed E-state index contributed by atoms with van der Waals surface area (Å²) in [5.74, 6) is 0.562. The van der Waals surface area contributed by atoms with E-state index in [4.69, 9.17) is 5.73 Å². The van der Waals surface area contributed by atoms with E-state index in [2.05, 4.69) is 26.2 Å². The summed E-state index contributed by atoms with van der Waals surface area (Å²) >= 11 is 3.21. The number of nitro groups is 1. The fourth-order valence-corrected chi connectivity index (χ4v) is 1.47. The number of halogens is 1. The third-order valence-electron chi connectivity index (χ3n) is 1.73. The lowest BCUT2D eigenvalue weighted by atomic mass is 10.4. The van der Waals surface area contributed by atoms with Crippen LogP contribution < -0.4 is 11.1 Å². The summed E-state index contributed by atoms with van der Waals surface area (Å²) in [6.45, 7) is 1.05. The van der Waals surface area contributed by atoms with Crippen LogP contribution in [0.3, 0.4) is 0 Å². The first-order valence-electron chi connectivity index (χ1n) is 4.54. The van der Waals surface area contributed by atoms with Gasteiger partial charge in [-0.2, -0.15) is 0 Å². The first kappa shape index (κ1) is 12.6. The molecule has 6 nitrogen and oxygen atoms in total. The molecule has 0 aliphatic heterocycles. The van der Waals surface area contributed by atoms with Gasteiger partial charge >= 0.3 is 0 Å². The molecule has 0 aromatic carbocycles. The minimum absolute atomic E-state index is 0.0464. The third-order valence-corrected chi connectivity index (χ3v) is 2.33. The maximum Gasteiger partial charge on any atom is 0.288 e. The van der Waals surface area contributed by atoms with Crippen molar-refractivity contribution in [3.05, 3.63) is 39.0 Å². The van der Waals surface area contributed by atoms with E-state index in [0.29, 0.717) is 23.4 Å². The van der Waals surface area contributed by atoms with Crippen molar-refractivity contribution in [3.63, 3.8) is 0 Å². The van der Waals surface area contributed by atoms with Gasteiger partial charge in [0, 0.05) is 19.2 Å². The minimum Gasteiger partial charge on any atom is -0.366 e. The molecule has 0 aliphatic rings. The zero-order chi connectivity index (χ0) is 12.0. The van der Waals surface area contributed by atoms with Gasteiger partial charge in [-0.05, 0) is 15.9 Å². The number of anilines is 1. The van der Waals surface area contributed by atoms with Crippen LogP contribution in [0.25, 0.3) is 0 Å². The number of nitrogens with one attached hydrogen (secondary N) is 1. The predicted octanol–water partition coefficient (Wildman–Crippen LogP) is 1.68. The normalized spacial score (nSPS) is 10.6. The molecule has 1 aromatic heterocycles. The van der Waals surface area contributed by atoms with E-state index >= 15 is 0 Å². The molecule has 0 amide bonds. The van der Waals surface area contributed by atoms with Gasteiger partial charge in [-0.3, -0.25) is 10.1 Å². The van der Waals surface area contributed by atoms with Gasteiger partial charge < -0.3 is 11.1 Å². The average molecular weight is 287 g/mol. The van der Waals surface area contributed by atoms with Crippen molar-refractivity contribution in [2.75, 3.05) is 18.4 Å². The Kier molecular flexibility index (Phi) is 4.87. The first-order chi connectivity index (χ1) is 7.65. The summed E-state index contributed by atoms with van der Waals surface area (Å²) < 4.78 is 0.558. The Morgan fingerprint density at radius 1 is 1.62 bits per heavy atom. The van der Waals surface area contributed by atoms with Gasteiger partial charge in [0.25, 0.3) is 5.69 Å². The van der Waals surface area contributed by atoms with E-state index in [1.54, 1.807) is 0 Å². The van der Waals surface area contributed by atoms with Crippen LogP contribution in [0.2, 0.25) is 0 Å². The van der Waals surface area contributed by atoms with Gasteiger partial charge in [0.2, 0.25) is 0 Å². The van der Waals surface area contributed by atoms with Gasteiger partial charge in [-0.1, -0.05) is 12.2 Å². The van der Waals surface area contributed by atoms with Crippen LogP contribution in [-0.4, -0.2) is 23.0 Å². The van der Waals surface area contributed by atoms with Gasteiger partial charge in [0.15, 0.2) is 0 Å². The monoisotopic (exact) mass is 286 g/mol. The van der Waals surface area contributed by atoms with Crippen LogP contribution in [0.4, 0.5) is 11.5 Å². The molecule has 3 N–H and O–H groups in total. The van der Waals surface area contributed by atoms with Crippen LogP contribution in [-0.2, 0) is 0 Å². The van der Waals surface area contributed by atoms with Gasteiger partial charge in [0.1, 0.15) is 12.0 Å². The number of nitrogens with two attached hydrogens (primary N) is 1. The van der Waals surface area contributed by atoms with E-state index in [-0.39, 0.29) is 5.69 Å². The van der Waals surface area contributed by atoms with Crippen molar-refractivity contribution >= 4 is 27.4 Å². The number of nitrogens with zero attached hydrogens (tertiary/aromatic N) is 2. The number of rotatable bonds is 5. The van der Waals surface area contributed by atoms with Crippen molar-refractivity contribution in [1.29, 1.82) is 0 Å². The lowest BCUT2D eigenvalue weighted by Crippen LogP contribution is -2.03. The third kappa shape index (κ3) is 3.59. The van der Waals surface area contributed by atoms with Crippen molar-refractivity contribution in [2.45, 2.75) is 0 Å². The summed E-state index contributed by atoms with van der Waals surface area (Å²) in [5.41, 5.74) is 5.23. The molecule has 0 unspecified atom stereocenters. The predicted molar refractivity (Wildman–Crippen MR) is 65.3 cm³/mol. The maximum atomic E-state index is 10.5. The molecular formula is C9H11BrN4O2. The second-order valence-electron chi connectivity index (χ2n) is 2.87. The highest BCUT2D eigenvalue weighted by Gasteiger charge is 2.09. The average Bonchev–Trinajstić information content (AvgIpc) is 2.26. The Bertz CT molecular complexity index is 408. The Morgan fingerprint density at radius 3 is 2.94 bits per heavy atom. The Hall–Kier alpha value is -1.47. The first-order valence-corrected chi connectivity index (χ1v) is 5.33. The van der Waals surface area contributed by atoms with Crippen LogP contribution in [0, 0.1) is 10.1 Å². The van der Waals surface area contributed by atoms with Crippen molar-refractivity contribution in [3.8, 4) is 0 Å². The molecule has 0 aliphatic carbocycles. The number of aromatic nitrogens is 1. The quantitative estimate of drug-likeness (QED) is 0.488. The van der Waals surface area contributed by atoms with E-state index in [9.17, 15) is 10.1 Å². The molecule has 7 heteroatoms. The van der Waals surface area contributed by atoms with Crippen molar-refractivity contribution < 1.29 is 4.92 Å². The van der Waals surface area contributed by atoms with Crippen LogP contribution >= 0.6 is 15.9 Å². The zero-order valence-electron chi connectivity index (χ0n) is 8.39. The van der Waals surface area contributed by atoms with Crippen LogP contribution in [0.5, 0.6) is 0 Å². The molecule has 86 valence electrons. The lowest BCUT2D eigenvalue weighted by Gasteiger charge is -2.04. The summed E-state index contributed by atoms with van der Waals surface area (Å²) in [5, 5.41) is 13.5. The fraction of sp³-hybridized carbons (Fsp3) is 0.222. The minimum atomic E-state index is -0.490. The van der Waals surface area contributed by atoms with Gasteiger partial charge in [-0.25, -0.2) is 4.98 Å². The smallest absolute Gasteiger partial charge is 0.288 e. The molecule has 0 saturated heterocycles. The molecule has 1 aromatic rings. The Morgan fingerprint density at radius 2 is 2.38 bits per heavy atom. The largest absolute Gasteiger partial charge is 0.366 e. The van der Waals surface area contributed by atoms with Crippen molar-refractivity contribution in [1.82, 2.24) is 4.98 Å². The highest BCUT2D eigenvalue weighted by molar-refractivity contribution is 9.10. The molecule has 1 heterocycles. The molecule has 16 heavy (non-hydrogen) atoms. The number of hydrogen-bond acceptors (Lipinski definition) is 5. The van der Waals surface area contributed by atoms with Gasteiger partial charge in [-0.15, -0.1) is 0 Å². The summed E-state index contributed by atoms with van der Waals surface area (Å²) in [6.07, 6.45) is 4.88. The lowest BCUT2D eigenvalue weighted by molar-refractivity contribution is -0.385. The van der Waals surface area contributed by atoms with Gasteiger partial charge in [0.05, 0.1) is 9.40 Å². The highest BCUT2D eigenvalue weighted by Crippen LogP contribution is 2.23. The second kappa shape index (κ2) is 6.19. The van der Waals surface area contributed by atoms with Crippen LogP contribution in [0.1, 0.15) is 0 Å². The summed E-state index contributed by atoms with van der Waals surface area (Å²) in [7, 11) is 0. The molecular weight excluding hydrogens is 276 g/mol. The molecule has 0 atom stereocenters. The molecule has 0 saturated carbocycles.